The molecular weight excluding hydrogens is 430 g/mol. The van der Waals surface area contributed by atoms with E-state index in [4.69, 9.17) is 9.47 Å². The minimum Gasteiger partial charge on any atom is -0.493 e. The third kappa shape index (κ3) is 5.85. The lowest BCUT2D eigenvalue weighted by atomic mass is 10.0. The van der Waals surface area contributed by atoms with Gasteiger partial charge in [0, 0.05) is 32.8 Å². The van der Waals surface area contributed by atoms with Crippen molar-refractivity contribution in [1.82, 2.24) is 20.2 Å². The Kier molecular flexibility index (Phi) is 7.62. The van der Waals surface area contributed by atoms with Gasteiger partial charge in [0.15, 0.2) is 0 Å². The molecule has 2 aromatic heterocycles. The average molecular weight is 458 g/mol. The number of H-pyrrole nitrogens is 1. The van der Waals surface area contributed by atoms with Gasteiger partial charge in [0.1, 0.15) is 17.4 Å². The fraction of sp³-hybridized carbons (Fsp3) is 0.231. The highest BCUT2D eigenvalue weighted by atomic mass is 16.5. The molecule has 2 aromatic carbocycles. The van der Waals surface area contributed by atoms with Crippen LogP contribution in [-0.2, 0) is 11.2 Å². The SMILES string of the molecule is COCCCOc1cccc(-c2ccnc(NC(=O)c3nnc(Cc4ccccc4)[nH]3)c2)c1C. The number of anilines is 1. The summed E-state index contributed by atoms with van der Waals surface area (Å²) in [5.41, 5.74) is 4.03. The van der Waals surface area contributed by atoms with Crippen LogP contribution >= 0.6 is 0 Å². The van der Waals surface area contributed by atoms with Crippen LogP contribution in [0.1, 0.15) is 34.0 Å². The Morgan fingerprint density at radius 1 is 1.03 bits per heavy atom. The van der Waals surface area contributed by atoms with Crippen LogP contribution in [0.2, 0.25) is 0 Å². The van der Waals surface area contributed by atoms with Crippen LogP contribution in [0.4, 0.5) is 5.82 Å². The molecule has 0 saturated heterocycles. The van der Waals surface area contributed by atoms with E-state index in [1.165, 1.54) is 0 Å². The molecule has 0 fully saturated rings. The quantitative estimate of drug-likeness (QED) is 0.342. The normalized spacial score (nSPS) is 10.8. The molecular formula is C26H27N5O3. The molecule has 0 spiro atoms. The van der Waals surface area contributed by atoms with E-state index in [-0.39, 0.29) is 5.82 Å². The van der Waals surface area contributed by atoms with Gasteiger partial charge < -0.3 is 19.8 Å². The van der Waals surface area contributed by atoms with E-state index in [1.807, 2.05) is 67.6 Å². The number of nitrogens with zero attached hydrogens (tertiary/aromatic N) is 3. The van der Waals surface area contributed by atoms with Gasteiger partial charge in [-0.3, -0.25) is 4.79 Å². The largest absolute Gasteiger partial charge is 0.493 e. The Balaban J connectivity index is 1.44. The van der Waals surface area contributed by atoms with E-state index in [0.717, 1.165) is 34.4 Å². The Bertz CT molecular complexity index is 1240. The maximum absolute atomic E-state index is 12.7. The molecule has 2 heterocycles. The van der Waals surface area contributed by atoms with Crippen molar-refractivity contribution in [2.45, 2.75) is 19.8 Å². The number of aromatic amines is 1. The highest BCUT2D eigenvalue weighted by molar-refractivity contribution is 6.01. The van der Waals surface area contributed by atoms with Crippen molar-refractivity contribution in [3.8, 4) is 16.9 Å². The Morgan fingerprint density at radius 2 is 1.88 bits per heavy atom. The van der Waals surface area contributed by atoms with Crippen LogP contribution in [-0.4, -0.2) is 46.4 Å². The van der Waals surface area contributed by atoms with Crippen molar-refractivity contribution < 1.29 is 14.3 Å². The van der Waals surface area contributed by atoms with Crippen LogP contribution in [0.25, 0.3) is 11.1 Å². The summed E-state index contributed by atoms with van der Waals surface area (Å²) in [6, 6.07) is 19.5. The van der Waals surface area contributed by atoms with Gasteiger partial charge in [0.2, 0.25) is 5.82 Å². The first-order chi connectivity index (χ1) is 16.6. The van der Waals surface area contributed by atoms with E-state index < -0.39 is 5.91 Å². The number of amides is 1. The van der Waals surface area contributed by atoms with Gasteiger partial charge >= 0.3 is 0 Å². The number of nitrogens with one attached hydrogen (secondary N) is 2. The highest BCUT2D eigenvalue weighted by Crippen LogP contribution is 2.31. The van der Waals surface area contributed by atoms with E-state index >= 15 is 0 Å². The number of carbonyl (C=O) groups is 1. The number of hydrogen-bond acceptors (Lipinski definition) is 6. The topological polar surface area (TPSA) is 102 Å². The van der Waals surface area contributed by atoms with Gasteiger partial charge in [0.25, 0.3) is 5.91 Å². The highest BCUT2D eigenvalue weighted by Gasteiger charge is 2.14. The third-order valence-electron chi connectivity index (χ3n) is 5.31. The first kappa shape index (κ1) is 23.1. The molecule has 34 heavy (non-hydrogen) atoms. The average Bonchev–Trinajstić information content (AvgIpc) is 3.32. The van der Waals surface area contributed by atoms with Gasteiger partial charge in [0.05, 0.1) is 6.61 Å². The minimum atomic E-state index is -0.400. The number of rotatable bonds is 10. The molecule has 8 nitrogen and oxygen atoms in total. The number of hydrogen-bond donors (Lipinski definition) is 2. The number of carbonyl (C=O) groups excluding carboxylic acids is 1. The van der Waals surface area contributed by atoms with Gasteiger partial charge in [-0.2, -0.15) is 0 Å². The van der Waals surface area contributed by atoms with Gasteiger partial charge in [-0.15, -0.1) is 10.2 Å². The summed E-state index contributed by atoms with van der Waals surface area (Å²) >= 11 is 0. The molecule has 0 saturated carbocycles. The molecule has 0 unspecified atom stereocenters. The number of benzene rings is 2. The monoisotopic (exact) mass is 457 g/mol. The Labute approximate surface area is 198 Å². The van der Waals surface area contributed by atoms with Gasteiger partial charge in [-0.1, -0.05) is 42.5 Å². The summed E-state index contributed by atoms with van der Waals surface area (Å²) in [7, 11) is 1.68. The van der Waals surface area contributed by atoms with Crippen molar-refractivity contribution in [3.63, 3.8) is 0 Å². The van der Waals surface area contributed by atoms with Crippen LogP contribution in [0.3, 0.4) is 0 Å². The molecule has 0 radical (unpaired) electrons. The van der Waals surface area contributed by atoms with E-state index in [0.29, 0.717) is 31.3 Å². The Hall–Kier alpha value is -4.04. The summed E-state index contributed by atoms with van der Waals surface area (Å²) < 4.78 is 11.0. The zero-order chi connectivity index (χ0) is 23.8. The first-order valence-corrected chi connectivity index (χ1v) is 11.1. The van der Waals surface area contributed by atoms with Crippen LogP contribution in [0, 0.1) is 6.92 Å². The summed E-state index contributed by atoms with van der Waals surface area (Å²) in [5.74, 6) is 1.61. The van der Waals surface area contributed by atoms with E-state index in [1.54, 1.807) is 13.3 Å². The maximum atomic E-state index is 12.7. The summed E-state index contributed by atoms with van der Waals surface area (Å²) in [5, 5.41) is 10.9. The molecule has 0 aliphatic heterocycles. The van der Waals surface area contributed by atoms with E-state index in [2.05, 4.69) is 25.5 Å². The first-order valence-electron chi connectivity index (χ1n) is 11.1. The van der Waals surface area contributed by atoms with E-state index in [9.17, 15) is 4.79 Å². The number of pyridine rings is 1. The van der Waals surface area contributed by atoms with Crippen molar-refractivity contribution in [3.05, 3.63) is 89.6 Å². The number of ether oxygens (including phenoxy) is 2. The zero-order valence-electron chi connectivity index (χ0n) is 19.2. The second kappa shape index (κ2) is 11.2. The molecule has 174 valence electrons. The molecule has 0 aliphatic carbocycles. The molecule has 1 amide bonds. The van der Waals surface area contributed by atoms with Crippen LogP contribution < -0.4 is 10.1 Å². The second-order valence-electron chi connectivity index (χ2n) is 7.79. The van der Waals surface area contributed by atoms with Crippen molar-refractivity contribution in [2.24, 2.45) is 0 Å². The van der Waals surface area contributed by atoms with Crippen molar-refractivity contribution >= 4 is 11.7 Å². The fourth-order valence-corrected chi connectivity index (χ4v) is 3.58. The lowest BCUT2D eigenvalue weighted by Crippen LogP contribution is -2.14. The predicted octanol–water partition coefficient (Wildman–Crippen LogP) is 4.43. The molecule has 8 heteroatoms. The van der Waals surface area contributed by atoms with Gasteiger partial charge in [-0.05, 0) is 47.4 Å². The Morgan fingerprint density at radius 3 is 2.71 bits per heavy atom. The molecule has 2 N–H and O–H groups in total. The summed E-state index contributed by atoms with van der Waals surface area (Å²) in [6.07, 6.45) is 3.05. The third-order valence-corrected chi connectivity index (χ3v) is 5.31. The molecule has 4 rings (SSSR count). The minimum absolute atomic E-state index is 0.140. The fourth-order valence-electron chi connectivity index (χ4n) is 3.58. The molecule has 0 atom stereocenters. The second-order valence-corrected chi connectivity index (χ2v) is 7.79. The maximum Gasteiger partial charge on any atom is 0.294 e. The predicted molar refractivity (Wildman–Crippen MR) is 130 cm³/mol. The molecule has 4 aromatic rings. The zero-order valence-corrected chi connectivity index (χ0v) is 19.2. The lowest BCUT2D eigenvalue weighted by Gasteiger charge is -2.13. The van der Waals surface area contributed by atoms with Crippen molar-refractivity contribution in [1.29, 1.82) is 0 Å². The van der Waals surface area contributed by atoms with Gasteiger partial charge in [-0.25, -0.2) is 4.98 Å². The van der Waals surface area contributed by atoms with Crippen molar-refractivity contribution in [2.75, 3.05) is 25.6 Å². The van der Waals surface area contributed by atoms with Crippen LogP contribution in [0.15, 0.2) is 66.9 Å². The standard InChI is InChI=1S/C26H27N5O3/c1-18-21(10-6-11-22(18)34-15-7-14-33-2)20-12-13-27-23(17-20)29-26(32)25-28-24(30-31-25)16-19-8-4-3-5-9-19/h3-6,8-13,17H,7,14-16H2,1-2H3,(H,27,29,32)(H,28,30,31). The van der Waals surface area contributed by atoms with Crippen LogP contribution in [0.5, 0.6) is 5.75 Å². The molecule has 0 bridgehead atoms. The summed E-state index contributed by atoms with van der Waals surface area (Å²) in [4.78, 5) is 20.0. The lowest BCUT2D eigenvalue weighted by molar-refractivity contribution is 0.101. The smallest absolute Gasteiger partial charge is 0.294 e. The number of aromatic nitrogens is 4. The summed E-state index contributed by atoms with van der Waals surface area (Å²) in [6.45, 7) is 3.26. The molecule has 0 aliphatic rings. The number of methoxy groups -OCH3 is 1.